The van der Waals surface area contributed by atoms with Gasteiger partial charge >= 0.3 is 5.97 Å². The van der Waals surface area contributed by atoms with E-state index < -0.39 is 5.97 Å². The molecule has 0 saturated carbocycles. The summed E-state index contributed by atoms with van der Waals surface area (Å²) in [7, 11) is 3.03. The van der Waals surface area contributed by atoms with Gasteiger partial charge in [-0.2, -0.15) is 5.26 Å². The third-order valence-electron chi connectivity index (χ3n) is 3.99. The molecule has 2 rings (SSSR count). The van der Waals surface area contributed by atoms with Gasteiger partial charge in [-0.25, -0.2) is 4.79 Å². The summed E-state index contributed by atoms with van der Waals surface area (Å²) in [5, 5.41) is 8.81. The van der Waals surface area contributed by atoms with E-state index in [0.717, 1.165) is 16.8 Å². The maximum Gasteiger partial charge on any atom is 0.354 e. The van der Waals surface area contributed by atoms with Crippen LogP contribution in [0.15, 0.2) is 24.3 Å². The Morgan fingerprint density at radius 1 is 1.25 bits per heavy atom. The van der Waals surface area contributed by atoms with Crippen LogP contribution in [0.1, 0.15) is 43.2 Å². The maximum absolute atomic E-state index is 12.5. The quantitative estimate of drug-likeness (QED) is 0.875. The van der Waals surface area contributed by atoms with Crippen LogP contribution in [-0.2, 0) is 11.3 Å². The van der Waals surface area contributed by atoms with Crippen molar-refractivity contribution in [2.75, 3.05) is 14.2 Å². The highest BCUT2D eigenvalue weighted by Crippen LogP contribution is 2.21. The molecule has 0 aliphatic carbocycles. The van der Waals surface area contributed by atoms with Gasteiger partial charge in [-0.15, -0.1) is 0 Å². The average molecular weight is 325 g/mol. The van der Waals surface area contributed by atoms with Crippen molar-refractivity contribution in [1.82, 2.24) is 9.88 Å². The highest BCUT2D eigenvalue weighted by atomic mass is 16.5. The molecular weight excluding hydrogens is 306 g/mol. The van der Waals surface area contributed by atoms with Crippen molar-refractivity contribution >= 4 is 11.9 Å². The van der Waals surface area contributed by atoms with Gasteiger partial charge in [0.25, 0.3) is 5.91 Å². The normalized spacial score (nSPS) is 10.1. The first-order valence-corrected chi connectivity index (χ1v) is 7.41. The van der Waals surface area contributed by atoms with Crippen LogP contribution < -0.4 is 0 Å². The van der Waals surface area contributed by atoms with Gasteiger partial charge < -0.3 is 14.6 Å². The van der Waals surface area contributed by atoms with Gasteiger partial charge in [-0.3, -0.25) is 4.79 Å². The van der Waals surface area contributed by atoms with Gasteiger partial charge in [0.2, 0.25) is 0 Å². The molecule has 6 heteroatoms. The van der Waals surface area contributed by atoms with Gasteiger partial charge in [0.15, 0.2) is 0 Å². The van der Waals surface area contributed by atoms with E-state index in [1.54, 1.807) is 36.2 Å². The number of aromatic amines is 1. The number of aromatic nitrogens is 1. The molecule has 1 aromatic heterocycles. The summed E-state index contributed by atoms with van der Waals surface area (Å²) < 4.78 is 4.75. The molecule has 0 aliphatic rings. The molecule has 1 N–H and O–H groups in total. The van der Waals surface area contributed by atoms with Crippen LogP contribution in [0.5, 0.6) is 0 Å². The van der Waals surface area contributed by atoms with Gasteiger partial charge in [0, 0.05) is 24.8 Å². The number of methoxy groups -OCH3 is 1. The van der Waals surface area contributed by atoms with Crippen molar-refractivity contribution in [2.24, 2.45) is 0 Å². The summed E-state index contributed by atoms with van der Waals surface area (Å²) in [4.78, 5) is 28.8. The number of ether oxygens (including phenoxy) is 1. The van der Waals surface area contributed by atoms with Crippen molar-refractivity contribution in [3.63, 3.8) is 0 Å². The zero-order valence-corrected chi connectivity index (χ0v) is 14.1. The number of hydrogen-bond donors (Lipinski definition) is 1. The molecule has 124 valence electrons. The molecule has 6 nitrogen and oxygen atoms in total. The van der Waals surface area contributed by atoms with Crippen LogP contribution in [0.25, 0.3) is 0 Å². The molecular formula is C18H19N3O3. The maximum atomic E-state index is 12.5. The summed E-state index contributed by atoms with van der Waals surface area (Å²) in [6, 6.07) is 8.52. The highest BCUT2D eigenvalue weighted by Gasteiger charge is 2.20. The number of amides is 1. The van der Waals surface area contributed by atoms with Crippen LogP contribution in [0, 0.1) is 25.2 Å². The molecule has 0 atom stereocenters. The molecule has 0 bridgehead atoms. The number of aryl methyl sites for hydroxylation is 1. The second-order valence-corrected chi connectivity index (χ2v) is 5.57. The predicted octanol–water partition coefficient (Wildman–Crippen LogP) is 2.56. The molecule has 0 radical (unpaired) electrons. The fourth-order valence-corrected chi connectivity index (χ4v) is 2.55. The summed E-state index contributed by atoms with van der Waals surface area (Å²) >= 11 is 0. The number of H-pyrrole nitrogens is 1. The first-order chi connectivity index (χ1) is 11.4. The molecule has 0 spiro atoms. The number of nitrogens with zero attached hydrogens (tertiary/aromatic N) is 2. The third-order valence-corrected chi connectivity index (χ3v) is 3.99. The van der Waals surface area contributed by atoms with E-state index in [-0.39, 0.29) is 5.91 Å². The topological polar surface area (TPSA) is 86.2 Å². The molecule has 1 aromatic carbocycles. The molecule has 0 unspecified atom stereocenters. The van der Waals surface area contributed by atoms with Gasteiger partial charge in [-0.1, -0.05) is 0 Å². The van der Waals surface area contributed by atoms with Crippen molar-refractivity contribution in [2.45, 2.75) is 20.4 Å². The lowest BCUT2D eigenvalue weighted by Gasteiger charge is -2.18. The zero-order chi connectivity index (χ0) is 17.9. The molecule has 1 heterocycles. The van der Waals surface area contributed by atoms with E-state index in [2.05, 4.69) is 4.98 Å². The summed E-state index contributed by atoms with van der Waals surface area (Å²) in [6.07, 6.45) is 0. The number of hydrogen-bond acceptors (Lipinski definition) is 4. The predicted molar refractivity (Wildman–Crippen MR) is 88.6 cm³/mol. The van der Waals surface area contributed by atoms with Gasteiger partial charge in [0.05, 0.1) is 18.7 Å². The number of carbonyl (C=O) groups is 2. The minimum Gasteiger partial charge on any atom is -0.464 e. The van der Waals surface area contributed by atoms with E-state index in [4.69, 9.17) is 10.00 Å². The average Bonchev–Trinajstić information content (AvgIpc) is 2.88. The van der Waals surface area contributed by atoms with E-state index in [1.165, 1.54) is 7.11 Å². The fraction of sp³-hybridized carbons (Fsp3) is 0.278. The third kappa shape index (κ3) is 3.30. The van der Waals surface area contributed by atoms with Gasteiger partial charge in [0.1, 0.15) is 5.69 Å². The Morgan fingerprint density at radius 3 is 2.42 bits per heavy atom. The lowest BCUT2D eigenvalue weighted by atomic mass is 10.1. The van der Waals surface area contributed by atoms with E-state index in [9.17, 15) is 9.59 Å². The second kappa shape index (κ2) is 7.01. The Bertz CT molecular complexity index is 813. The Balaban J connectivity index is 2.21. The minimum absolute atomic E-state index is 0.154. The Morgan fingerprint density at radius 2 is 1.88 bits per heavy atom. The van der Waals surface area contributed by atoms with Crippen molar-refractivity contribution in [3.05, 3.63) is 57.9 Å². The SMILES string of the molecule is COC(=O)c1[nH]c(C)c(CN(C)C(=O)c2ccc(C#N)cc2)c1C. The molecule has 1 amide bonds. The molecule has 24 heavy (non-hydrogen) atoms. The summed E-state index contributed by atoms with van der Waals surface area (Å²) in [5.41, 5.74) is 3.92. The van der Waals surface area contributed by atoms with Crippen LogP contribution in [0.3, 0.4) is 0 Å². The second-order valence-electron chi connectivity index (χ2n) is 5.57. The number of nitrogens with one attached hydrogen (secondary N) is 1. The van der Waals surface area contributed by atoms with Gasteiger partial charge in [-0.05, 0) is 49.2 Å². The first-order valence-electron chi connectivity index (χ1n) is 7.41. The Labute approximate surface area is 140 Å². The molecule has 0 aliphatic heterocycles. The van der Waals surface area contributed by atoms with Crippen molar-refractivity contribution in [1.29, 1.82) is 5.26 Å². The van der Waals surface area contributed by atoms with Crippen molar-refractivity contribution in [3.8, 4) is 6.07 Å². The number of esters is 1. The summed E-state index contributed by atoms with van der Waals surface area (Å²) in [6.45, 7) is 4.05. The van der Waals surface area contributed by atoms with Crippen LogP contribution in [-0.4, -0.2) is 35.9 Å². The number of carbonyl (C=O) groups excluding carboxylic acids is 2. The Kier molecular flexibility index (Phi) is 5.05. The smallest absolute Gasteiger partial charge is 0.354 e. The zero-order valence-electron chi connectivity index (χ0n) is 14.1. The standard InChI is InChI=1S/C18H19N3O3/c1-11-15(12(2)20-16(11)18(23)24-4)10-21(3)17(22)14-7-5-13(9-19)6-8-14/h5-8,20H,10H2,1-4H3. The highest BCUT2D eigenvalue weighted by molar-refractivity contribution is 5.94. The van der Waals surface area contributed by atoms with Crippen LogP contribution in [0.4, 0.5) is 0 Å². The van der Waals surface area contributed by atoms with E-state index in [1.807, 2.05) is 19.9 Å². The number of nitriles is 1. The lowest BCUT2D eigenvalue weighted by molar-refractivity contribution is 0.0593. The first kappa shape index (κ1) is 17.3. The number of rotatable bonds is 4. The molecule has 0 saturated heterocycles. The largest absolute Gasteiger partial charge is 0.464 e. The Hall–Kier alpha value is -3.07. The van der Waals surface area contributed by atoms with Crippen LogP contribution in [0.2, 0.25) is 0 Å². The summed E-state index contributed by atoms with van der Waals surface area (Å²) in [5.74, 6) is -0.581. The van der Waals surface area contributed by atoms with E-state index in [0.29, 0.717) is 23.4 Å². The molecule has 2 aromatic rings. The minimum atomic E-state index is -0.428. The van der Waals surface area contributed by atoms with Crippen LogP contribution >= 0.6 is 0 Å². The monoisotopic (exact) mass is 325 g/mol. The fourth-order valence-electron chi connectivity index (χ4n) is 2.55. The van der Waals surface area contributed by atoms with Crippen molar-refractivity contribution < 1.29 is 14.3 Å². The van der Waals surface area contributed by atoms with E-state index >= 15 is 0 Å². The lowest BCUT2D eigenvalue weighted by Crippen LogP contribution is -2.26. The molecule has 0 fully saturated rings. The number of benzene rings is 1.